The summed E-state index contributed by atoms with van der Waals surface area (Å²) in [4.78, 5) is 0. The van der Waals surface area contributed by atoms with Gasteiger partial charge in [-0.2, -0.15) is 5.26 Å². The van der Waals surface area contributed by atoms with E-state index < -0.39 is 0 Å². The summed E-state index contributed by atoms with van der Waals surface area (Å²) in [6.07, 6.45) is 0.949. The Morgan fingerprint density at radius 2 is 1.93 bits per heavy atom. The topological polar surface area (TPSA) is 65.3 Å². The van der Waals surface area contributed by atoms with Crippen molar-refractivity contribution in [3.8, 4) is 17.6 Å². The van der Waals surface area contributed by atoms with Crippen molar-refractivity contribution in [3.63, 3.8) is 0 Å². The Hall–Kier alpha value is -2.97. The minimum atomic E-state index is 0.0386. The Balaban J connectivity index is 1.70. The minimum absolute atomic E-state index is 0.0386. The van der Waals surface area contributed by atoms with Crippen LogP contribution in [0, 0.1) is 17.2 Å². The van der Waals surface area contributed by atoms with Gasteiger partial charge in [-0.3, -0.25) is 0 Å². The highest BCUT2D eigenvalue weighted by Crippen LogP contribution is 2.55. The van der Waals surface area contributed by atoms with Gasteiger partial charge in [0.2, 0.25) is 0 Å². The first-order valence-corrected chi connectivity index (χ1v) is 10.3. The average molecular weight is 447 g/mol. The molecule has 0 bridgehead atoms. The van der Waals surface area contributed by atoms with Crippen LogP contribution in [0.2, 0.25) is 0 Å². The van der Waals surface area contributed by atoms with Gasteiger partial charge in [0.1, 0.15) is 0 Å². The van der Waals surface area contributed by atoms with E-state index in [1.54, 1.807) is 13.2 Å². The maximum Gasteiger partial charge on any atom is 0.160 e. The number of benzene rings is 3. The van der Waals surface area contributed by atoms with Crippen molar-refractivity contribution in [2.45, 2.75) is 18.4 Å². The molecule has 3 aromatic carbocycles. The number of nitrogens with zero attached hydrogens (tertiary/aromatic N) is 1. The van der Waals surface area contributed by atoms with Crippen molar-refractivity contribution >= 4 is 21.6 Å². The van der Waals surface area contributed by atoms with Gasteiger partial charge in [0.05, 0.1) is 24.8 Å². The second kappa shape index (κ2) is 6.82. The van der Waals surface area contributed by atoms with E-state index in [1.807, 2.05) is 24.3 Å². The lowest BCUT2D eigenvalue weighted by Gasteiger charge is -2.38. The third-order valence-corrected chi connectivity index (χ3v) is 6.85. The molecule has 1 aliphatic carbocycles. The van der Waals surface area contributed by atoms with Gasteiger partial charge in [0.25, 0.3) is 0 Å². The molecule has 0 amide bonds. The molecule has 2 N–H and O–H groups in total. The van der Waals surface area contributed by atoms with Crippen LogP contribution in [-0.2, 0) is 6.42 Å². The maximum atomic E-state index is 10.2. The van der Waals surface area contributed by atoms with Gasteiger partial charge < -0.3 is 15.2 Å². The lowest BCUT2D eigenvalue weighted by molar-refractivity contribution is 0.369. The molecule has 0 unspecified atom stereocenters. The molecule has 0 saturated carbocycles. The van der Waals surface area contributed by atoms with E-state index in [4.69, 9.17) is 4.74 Å². The zero-order valence-electron chi connectivity index (χ0n) is 15.8. The number of nitrogens with one attached hydrogen (secondary N) is 1. The van der Waals surface area contributed by atoms with Crippen LogP contribution in [0.25, 0.3) is 0 Å². The van der Waals surface area contributed by atoms with Crippen molar-refractivity contribution < 1.29 is 9.84 Å². The van der Waals surface area contributed by atoms with Gasteiger partial charge >= 0.3 is 0 Å². The van der Waals surface area contributed by atoms with Crippen molar-refractivity contribution in [3.05, 3.63) is 86.9 Å². The molecular weight excluding hydrogens is 428 g/mol. The Kier molecular flexibility index (Phi) is 4.25. The quantitative estimate of drug-likeness (QED) is 0.544. The van der Waals surface area contributed by atoms with Gasteiger partial charge in [0.15, 0.2) is 11.5 Å². The molecule has 29 heavy (non-hydrogen) atoms. The van der Waals surface area contributed by atoms with E-state index in [0.29, 0.717) is 17.2 Å². The van der Waals surface area contributed by atoms with Gasteiger partial charge in [-0.1, -0.05) is 40.2 Å². The molecule has 144 valence electrons. The normalized spacial score (nSPS) is 21.3. The Bertz CT molecular complexity index is 1170. The summed E-state index contributed by atoms with van der Waals surface area (Å²) in [7, 11) is 1.56. The molecule has 0 saturated heterocycles. The molecule has 2 aliphatic rings. The number of aromatic hydroxyl groups is 1. The number of anilines is 1. The second-order valence-corrected chi connectivity index (χ2v) is 8.48. The number of phenols is 1. The summed E-state index contributed by atoms with van der Waals surface area (Å²) in [5, 5.41) is 23.3. The van der Waals surface area contributed by atoms with Crippen LogP contribution in [0.3, 0.4) is 0 Å². The molecule has 0 aromatic heterocycles. The number of fused-ring (bicyclic) bond motifs is 5. The first-order valence-electron chi connectivity index (χ1n) is 9.55. The number of phenolic OH excluding ortho intramolecular Hbond substituents is 1. The predicted molar refractivity (Wildman–Crippen MR) is 115 cm³/mol. The van der Waals surface area contributed by atoms with E-state index in [-0.39, 0.29) is 17.7 Å². The summed E-state index contributed by atoms with van der Waals surface area (Å²) < 4.78 is 6.22. The monoisotopic (exact) mass is 446 g/mol. The number of rotatable bonds is 2. The number of hydrogen-bond donors (Lipinski definition) is 2. The summed E-state index contributed by atoms with van der Waals surface area (Å²) in [5.74, 6) is 1.08. The number of hydrogen-bond acceptors (Lipinski definition) is 4. The first kappa shape index (κ1) is 18.1. The second-order valence-electron chi connectivity index (χ2n) is 7.63. The van der Waals surface area contributed by atoms with E-state index in [1.165, 1.54) is 16.7 Å². The zero-order chi connectivity index (χ0) is 20.1. The van der Waals surface area contributed by atoms with E-state index in [0.717, 1.165) is 22.1 Å². The maximum absolute atomic E-state index is 10.2. The third kappa shape index (κ3) is 2.79. The molecule has 4 nitrogen and oxygen atoms in total. The van der Waals surface area contributed by atoms with Crippen LogP contribution in [0.1, 0.15) is 39.8 Å². The molecule has 0 radical (unpaired) electrons. The predicted octanol–water partition coefficient (Wildman–Crippen LogP) is 5.51. The molecule has 3 atom stereocenters. The van der Waals surface area contributed by atoms with Gasteiger partial charge in [-0.25, -0.2) is 0 Å². The SMILES string of the molecule is COc1cc([C@H]2Nc3ccc(C#N)cc3[C@H]3c4ccccc4C[C@H]32)c(Br)cc1O. The van der Waals surface area contributed by atoms with Crippen LogP contribution in [0.5, 0.6) is 11.5 Å². The molecule has 0 spiro atoms. The minimum Gasteiger partial charge on any atom is -0.504 e. The molecule has 5 heteroatoms. The van der Waals surface area contributed by atoms with E-state index in [2.05, 4.69) is 51.6 Å². The first-order chi connectivity index (χ1) is 14.1. The number of nitriles is 1. The van der Waals surface area contributed by atoms with E-state index in [9.17, 15) is 10.4 Å². The lowest BCUT2D eigenvalue weighted by atomic mass is 9.75. The number of methoxy groups -OCH3 is 1. The average Bonchev–Trinajstić information content (AvgIpc) is 3.13. The molecular formula is C24H19BrN2O2. The van der Waals surface area contributed by atoms with Gasteiger partial charge in [0, 0.05) is 16.1 Å². The number of halogens is 1. The highest BCUT2D eigenvalue weighted by molar-refractivity contribution is 9.10. The van der Waals surface area contributed by atoms with Crippen molar-refractivity contribution in [2.75, 3.05) is 12.4 Å². The Morgan fingerprint density at radius 1 is 1.10 bits per heavy atom. The van der Waals surface area contributed by atoms with E-state index >= 15 is 0 Å². The standard InChI is InChI=1S/C24H19BrN2O2/c1-29-22-10-16(19(25)11-21(22)28)24-18-9-14-4-2-3-5-15(14)23(18)17-8-13(12-26)6-7-20(17)27-24/h2-8,10-11,18,23-24,27-28H,9H2,1H3/t18-,23-,24-/m1/s1. The smallest absolute Gasteiger partial charge is 0.160 e. The van der Waals surface area contributed by atoms with Crippen molar-refractivity contribution in [2.24, 2.45) is 5.92 Å². The fourth-order valence-electron chi connectivity index (χ4n) is 4.90. The van der Waals surface area contributed by atoms with Crippen LogP contribution in [0.4, 0.5) is 5.69 Å². The molecule has 1 aliphatic heterocycles. The molecule has 1 heterocycles. The van der Waals surface area contributed by atoms with Crippen LogP contribution >= 0.6 is 15.9 Å². The molecule has 5 rings (SSSR count). The Morgan fingerprint density at radius 3 is 2.72 bits per heavy atom. The summed E-state index contributed by atoms with van der Waals surface area (Å²) >= 11 is 3.64. The third-order valence-electron chi connectivity index (χ3n) is 6.16. The van der Waals surface area contributed by atoms with Gasteiger partial charge in [-0.05, 0) is 64.9 Å². The number of ether oxygens (including phenoxy) is 1. The van der Waals surface area contributed by atoms with Crippen molar-refractivity contribution in [1.82, 2.24) is 0 Å². The fourth-order valence-corrected chi connectivity index (χ4v) is 5.48. The largest absolute Gasteiger partial charge is 0.504 e. The summed E-state index contributed by atoms with van der Waals surface area (Å²) in [5.41, 5.74) is 6.65. The summed E-state index contributed by atoms with van der Waals surface area (Å²) in [6, 6.07) is 20.4. The summed E-state index contributed by atoms with van der Waals surface area (Å²) in [6.45, 7) is 0. The Labute approximate surface area is 177 Å². The highest BCUT2D eigenvalue weighted by atomic mass is 79.9. The highest BCUT2D eigenvalue weighted by Gasteiger charge is 2.44. The fraction of sp³-hybridized carbons (Fsp3) is 0.208. The van der Waals surface area contributed by atoms with Gasteiger partial charge in [-0.15, -0.1) is 0 Å². The lowest BCUT2D eigenvalue weighted by Crippen LogP contribution is -2.30. The molecule has 3 aromatic rings. The van der Waals surface area contributed by atoms with Crippen LogP contribution in [0.15, 0.2) is 59.1 Å². The van der Waals surface area contributed by atoms with Crippen LogP contribution in [-0.4, -0.2) is 12.2 Å². The molecule has 0 fully saturated rings. The zero-order valence-corrected chi connectivity index (χ0v) is 17.4. The van der Waals surface area contributed by atoms with Crippen molar-refractivity contribution in [1.29, 1.82) is 5.26 Å². The van der Waals surface area contributed by atoms with Crippen LogP contribution < -0.4 is 10.1 Å².